The highest BCUT2D eigenvalue weighted by atomic mass is 16.7. The van der Waals surface area contributed by atoms with Crippen LogP contribution in [0.2, 0.25) is 0 Å². The van der Waals surface area contributed by atoms with Crippen LogP contribution in [0.25, 0.3) is 0 Å². The Bertz CT molecular complexity index is 770. The third-order valence-electron chi connectivity index (χ3n) is 3.85. The van der Waals surface area contributed by atoms with Crippen molar-refractivity contribution in [3.05, 3.63) is 59.2 Å². The predicted molar refractivity (Wildman–Crippen MR) is 89.2 cm³/mol. The van der Waals surface area contributed by atoms with Crippen molar-refractivity contribution in [2.45, 2.75) is 26.3 Å². The number of Topliss-reactive ketones (excluding diaryl/α,β-unsaturated/α-hetero) is 1. The van der Waals surface area contributed by atoms with Crippen molar-refractivity contribution in [3.63, 3.8) is 0 Å². The van der Waals surface area contributed by atoms with Gasteiger partial charge in [-0.2, -0.15) is 0 Å². The van der Waals surface area contributed by atoms with E-state index >= 15 is 0 Å². The summed E-state index contributed by atoms with van der Waals surface area (Å²) in [7, 11) is 0. The molecule has 1 heterocycles. The van der Waals surface area contributed by atoms with Crippen LogP contribution in [0.1, 0.15) is 34.3 Å². The van der Waals surface area contributed by atoms with Gasteiger partial charge in [0.1, 0.15) is 0 Å². The summed E-state index contributed by atoms with van der Waals surface area (Å²) >= 11 is 0. The fourth-order valence-corrected chi connectivity index (χ4v) is 2.55. The second-order valence-electron chi connectivity index (χ2n) is 5.76. The Hall–Kier alpha value is -2.82. The van der Waals surface area contributed by atoms with Crippen molar-refractivity contribution in [1.82, 2.24) is 5.32 Å². The van der Waals surface area contributed by atoms with Gasteiger partial charge in [0.2, 0.25) is 12.7 Å². The summed E-state index contributed by atoms with van der Waals surface area (Å²) in [6.45, 7) is 2.66. The Balaban J connectivity index is 1.48. The lowest BCUT2D eigenvalue weighted by Gasteiger charge is -2.06. The summed E-state index contributed by atoms with van der Waals surface area (Å²) < 4.78 is 10.5. The number of carbonyl (C=O) groups excluding carboxylic acids is 2. The molecule has 0 aliphatic carbocycles. The van der Waals surface area contributed by atoms with Gasteiger partial charge in [0.05, 0.1) is 0 Å². The normalized spacial score (nSPS) is 12.0. The Kier molecular flexibility index (Phi) is 4.79. The number of rotatable bonds is 6. The smallest absolute Gasteiger partial charge is 0.231 e. The second-order valence-corrected chi connectivity index (χ2v) is 5.76. The van der Waals surface area contributed by atoms with Gasteiger partial charge in [-0.05, 0) is 30.7 Å². The Morgan fingerprint density at radius 2 is 1.88 bits per heavy atom. The maximum atomic E-state index is 12.2. The summed E-state index contributed by atoms with van der Waals surface area (Å²) in [5.74, 6) is 0.997. The van der Waals surface area contributed by atoms with Crippen molar-refractivity contribution in [2.24, 2.45) is 0 Å². The quantitative estimate of drug-likeness (QED) is 0.829. The molecule has 1 aliphatic rings. The van der Waals surface area contributed by atoms with Crippen LogP contribution in [0.15, 0.2) is 42.5 Å². The monoisotopic (exact) mass is 325 g/mol. The van der Waals surface area contributed by atoms with E-state index in [0.717, 1.165) is 11.1 Å². The zero-order valence-electron chi connectivity index (χ0n) is 13.5. The highest BCUT2D eigenvalue weighted by molar-refractivity contribution is 5.98. The maximum absolute atomic E-state index is 12.2. The van der Waals surface area contributed by atoms with Crippen LogP contribution in [-0.4, -0.2) is 18.5 Å². The fourth-order valence-electron chi connectivity index (χ4n) is 2.55. The first-order valence-corrected chi connectivity index (χ1v) is 7.87. The van der Waals surface area contributed by atoms with E-state index in [0.29, 0.717) is 23.6 Å². The minimum Gasteiger partial charge on any atom is -0.454 e. The summed E-state index contributed by atoms with van der Waals surface area (Å²) in [6.07, 6.45) is 0.332. The molecule has 1 amide bonds. The minimum absolute atomic E-state index is 0.0843. The molecule has 3 rings (SSSR count). The molecular weight excluding hydrogens is 306 g/mol. The van der Waals surface area contributed by atoms with Crippen LogP contribution in [0.3, 0.4) is 0 Å². The SMILES string of the molecule is Cc1cccc(CNC(=O)CCC(=O)c2ccc3c(c2)OCO3)c1. The first-order valence-electron chi connectivity index (χ1n) is 7.87. The van der Waals surface area contributed by atoms with Gasteiger partial charge in [-0.15, -0.1) is 0 Å². The van der Waals surface area contributed by atoms with Crippen molar-refractivity contribution >= 4 is 11.7 Å². The third kappa shape index (κ3) is 3.93. The van der Waals surface area contributed by atoms with Gasteiger partial charge in [-0.25, -0.2) is 0 Å². The van der Waals surface area contributed by atoms with Crippen LogP contribution < -0.4 is 14.8 Å². The molecule has 0 unspecified atom stereocenters. The summed E-state index contributed by atoms with van der Waals surface area (Å²) in [5.41, 5.74) is 2.73. The lowest BCUT2D eigenvalue weighted by Crippen LogP contribution is -2.23. The van der Waals surface area contributed by atoms with Gasteiger partial charge < -0.3 is 14.8 Å². The first kappa shape index (κ1) is 16.1. The van der Waals surface area contributed by atoms with Crippen molar-refractivity contribution < 1.29 is 19.1 Å². The molecule has 5 nitrogen and oxygen atoms in total. The number of ether oxygens (including phenoxy) is 2. The predicted octanol–water partition coefficient (Wildman–Crippen LogP) is 3.00. The number of benzene rings is 2. The molecule has 24 heavy (non-hydrogen) atoms. The molecular formula is C19H19NO4. The van der Waals surface area contributed by atoms with Gasteiger partial charge in [-0.3, -0.25) is 9.59 Å². The standard InChI is InChI=1S/C19H19NO4/c1-13-3-2-4-14(9-13)11-20-19(22)8-6-16(21)15-5-7-17-18(10-15)24-12-23-17/h2-5,7,9-10H,6,8,11-12H2,1H3,(H,20,22). The molecule has 1 aliphatic heterocycles. The van der Waals surface area contributed by atoms with Gasteiger partial charge in [-0.1, -0.05) is 29.8 Å². The van der Waals surface area contributed by atoms with E-state index in [-0.39, 0.29) is 31.3 Å². The van der Waals surface area contributed by atoms with E-state index in [2.05, 4.69) is 5.32 Å². The highest BCUT2D eigenvalue weighted by Crippen LogP contribution is 2.32. The first-order chi connectivity index (χ1) is 11.6. The number of ketones is 1. The number of hydrogen-bond donors (Lipinski definition) is 1. The minimum atomic E-state index is -0.134. The number of carbonyl (C=O) groups is 2. The Labute approximate surface area is 140 Å². The van der Waals surface area contributed by atoms with E-state index in [1.54, 1.807) is 18.2 Å². The molecule has 0 aromatic heterocycles. The van der Waals surface area contributed by atoms with Crippen LogP contribution >= 0.6 is 0 Å². The van der Waals surface area contributed by atoms with Crippen LogP contribution in [0.5, 0.6) is 11.5 Å². The largest absolute Gasteiger partial charge is 0.454 e. The van der Waals surface area contributed by atoms with Gasteiger partial charge in [0, 0.05) is 24.9 Å². The average molecular weight is 325 g/mol. The lowest BCUT2D eigenvalue weighted by molar-refractivity contribution is -0.121. The van der Waals surface area contributed by atoms with E-state index < -0.39 is 0 Å². The topological polar surface area (TPSA) is 64.6 Å². The number of hydrogen-bond acceptors (Lipinski definition) is 4. The van der Waals surface area contributed by atoms with E-state index in [4.69, 9.17) is 9.47 Å². The Morgan fingerprint density at radius 1 is 1.04 bits per heavy atom. The molecule has 2 aromatic carbocycles. The molecule has 0 spiro atoms. The second kappa shape index (κ2) is 7.17. The summed E-state index contributed by atoms with van der Waals surface area (Å²) in [6, 6.07) is 13.0. The van der Waals surface area contributed by atoms with Crippen molar-refractivity contribution in [2.75, 3.05) is 6.79 Å². The maximum Gasteiger partial charge on any atom is 0.231 e. The number of amides is 1. The average Bonchev–Trinajstić information content (AvgIpc) is 3.05. The molecule has 5 heteroatoms. The highest BCUT2D eigenvalue weighted by Gasteiger charge is 2.16. The lowest BCUT2D eigenvalue weighted by atomic mass is 10.1. The van der Waals surface area contributed by atoms with Crippen molar-refractivity contribution in [3.8, 4) is 11.5 Å². The number of nitrogens with one attached hydrogen (secondary N) is 1. The molecule has 0 atom stereocenters. The van der Waals surface area contributed by atoms with E-state index in [1.807, 2.05) is 31.2 Å². The molecule has 1 N–H and O–H groups in total. The molecule has 0 bridgehead atoms. The van der Waals surface area contributed by atoms with E-state index in [9.17, 15) is 9.59 Å². The van der Waals surface area contributed by atoms with Crippen LogP contribution in [0, 0.1) is 6.92 Å². The molecule has 0 saturated carbocycles. The van der Waals surface area contributed by atoms with Gasteiger partial charge in [0.25, 0.3) is 0 Å². The molecule has 0 saturated heterocycles. The molecule has 124 valence electrons. The van der Waals surface area contributed by atoms with Crippen molar-refractivity contribution in [1.29, 1.82) is 0 Å². The van der Waals surface area contributed by atoms with Gasteiger partial charge >= 0.3 is 0 Å². The fraction of sp³-hybridized carbons (Fsp3) is 0.263. The van der Waals surface area contributed by atoms with E-state index in [1.165, 1.54) is 0 Å². The number of fused-ring (bicyclic) bond motifs is 1. The molecule has 2 aromatic rings. The molecule has 0 radical (unpaired) electrons. The van der Waals surface area contributed by atoms with Crippen LogP contribution in [0.4, 0.5) is 0 Å². The summed E-state index contributed by atoms with van der Waals surface area (Å²) in [4.78, 5) is 24.1. The van der Waals surface area contributed by atoms with Crippen LogP contribution in [-0.2, 0) is 11.3 Å². The zero-order chi connectivity index (χ0) is 16.9. The summed E-state index contributed by atoms with van der Waals surface area (Å²) in [5, 5.41) is 2.84. The molecule has 0 fully saturated rings. The van der Waals surface area contributed by atoms with Gasteiger partial charge in [0.15, 0.2) is 17.3 Å². The third-order valence-corrected chi connectivity index (χ3v) is 3.85. The zero-order valence-corrected chi connectivity index (χ0v) is 13.5. The Morgan fingerprint density at radius 3 is 2.71 bits per heavy atom. The number of aryl methyl sites for hydroxylation is 1.